The summed E-state index contributed by atoms with van der Waals surface area (Å²) in [5.41, 5.74) is 5.85. The van der Waals surface area contributed by atoms with Crippen LogP contribution < -0.4 is 5.73 Å². The summed E-state index contributed by atoms with van der Waals surface area (Å²) in [6, 6.07) is 0. The van der Waals surface area contributed by atoms with Crippen molar-refractivity contribution in [2.24, 2.45) is 0 Å². The highest BCUT2D eigenvalue weighted by atomic mass is 15.4. The molecule has 0 radical (unpaired) electrons. The molecule has 1 aromatic heterocycles. The minimum atomic E-state index is 0.333. The third-order valence-corrected chi connectivity index (χ3v) is 0.758. The second-order valence-corrected chi connectivity index (χ2v) is 1.35. The van der Waals surface area contributed by atoms with Crippen LogP contribution in [-0.4, -0.2) is 20.6 Å². The lowest BCUT2D eigenvalue weighted by Gasteiger charge is -1.88. The van der Waals surface area contributed by atoms with E-state index >= 15 is 0 Å². The van der Waals surface area contributed by atoms with E-state index in [1.165, 1.54) is 0 Å². The zero-order chi connectivity index (χ0) is 5.98. The van der Waals surface area contributed by atoms with E-state index in [2.05, 4.69) is 20.6 Å². The van der Waals surface area contributed by atoms with Crippen molar-refractivity contribution in [1.29, 1.82) is 0 Å². The van der Waals surface area contributed by atoms with Gasteiger partial charge in [-0.2, -0.15) is 0 Å². The van der Waals surface area contributed by atoms with Crippen LogP contribution >= 0.6 is 0 Å². The predicted molar refractivity (Wildman–Crippen MR) is 26.8 cm³/mol. The Labute approximate surface area is 45.9 Å². The molecule has 0 bridgehead atoms. The molecule has 42 valence electrons. The maximum Gasteiger partial charge on any atom is 0.171 e. The molecule has 2 N–H and O–H groups in total. The van der Waals surface area contributed by atoms with E-state index in [9.17, 15) is 0 Å². The molecule has 0 saturated heterocycles. The van der Waals surface area contributed by atoms with Crippen molar-refractivity contribution >= 4 is 5.82 Å². The van der Waals surface area contributed by atoms with Crippen LogP contribution in [0.25, 0.3) is 0 Å². The van der Waals surface area contributed by atoms with E-state index in [-0.39, 0.29) is 0 Å². The van der Waals surface area contributed by atoms with E-state index < -0.39 is 0 Å². The van der Waals surface area contributed by atoms with Crippen molar-refractivity contribution in [3.8, 4) is 0 Å². The molecule has 0 saturated carbocycles. The summed E-state index contributed by atoms with van der Waals surface area (Å²) >= 11 is 0. The lowest BCUT2D eigenvalue weighted by molar-refractivity contribution is 0.751. The van der Waals surface area contributed by atoms with Crippen LogP contribution in [0.3, 0.4) is 0 Å². The van der Waals surface area contributed by atoms with Crippen molar-refractivity contribution in [3.63, 3.8) is 0 Å². The standard InChI is InChI=1S/C3H5N5/c1-2-3(4)6-8-7-5-2/h1H3,(H2,4,6,7). The van der Waals surface area contributed by atoms with E-state index in [4.69, 9.17) is 5.73 Å². The highest BCUT2D eigenvalue weighted by Gasteiger charge is 1.91. The van der Waals surface area contributed by atoms with Gasteiger partial charge in [-0.25, -0.2) is 0 Å². The molecule has 0 atom stereocenters. The summed E-state index contributed by atoms with van der Waals surface area (Å²) in [6.45, 7) is 1.72. The fraction of sp³-hybridized carbons (Fsp3) is 0.333. The SMILES string of the molecule is Cc1nnnnc1N. The number of aryl methyl sites for hydroxylation is 1. The molecule has 0 aliphatic heterocycles. The van der Waals surface area contributed by atoms with Gasteiger partial charge in [0, 0.05) is 0 Å². The van der Waals surface area contributed by atoms with Gasteiger partial charge in [-0.05, 0) is 17.4 Å². The number of aromatic nitrogens is 4. The van der Waals surface area contributed by atoms with Crippen LogP contribution in [0, 0.1) is 6.92 Å². The Hall–Kier alpha value is -1.26. The molecule has 0 amide bonds. The fourth-order valence-corrected chi connectivity index (χ4v) is 0.279. The molecule has 5 nitrogen and oxygen atoms in total. The Morgan fingerprint density at radius 2 is 1.88 bits per heavy atom. The Bertz CT molecular complexity index is 164. The summed E-state index contributed by atoms with van der Waals surface area (Å²) in [4.78, 5) is 0. The Morgan fingerprint density at radius 1 is 1.25 bits per heavy atom. The van der Waals surface area contributed by atoms with Crippen molar-refractivity contribution < 1.29 is 0 Å². The highest BCUT2D eigenvalue weighted by Crippen LogP contribution is 1.93. The largest absolute Gasteiger partial charge is 0.381 e. The average molecular weight is 111 g/mol. The minimum absolute atomic E-state index is 0.333. The molecule has 0 aliphatic carbocycles. The zero-order valence-corrected chi connectivity index (χ0v) is 4.37. The van der Waals surface area contributed by atoms with Crippen molar-refractivity contribution in [1.82, 2.24) is 20.6 Å². The number of rotatable bonds is 0. The second kappa shape index (κ2) is 1.69. The number of nitrogens with zero attached hydrogens (tertiary/aromatic N) is 4. The first-order valence-electron chi connectivity index (χ1n) is 2.09. The van der Waals surface area contributed by atoms with Crippen LogP contribution in [0.15, 0.2) is 0 Å². The number of nitrogens with two attached hydrogens (primary N) is 1. The molecule has 1 heterocycles. The fourth-order valence-electron chi connectivity index (χ4n) is 0.279. The van der Waals surface area contributed by atoms with Crippen LogP contribution in [0.4, 0.5) is 5.82 Å². The number of nitrogen functional groups attached to an aromatic ring is 1. The van der Waals surface area contributed by atoms with Gasteiger partial charge in [0.15, 0.2) is 5.82 Å². The van der Waals surface area contributed by atoms with Gasteiger partial charge < -0.3 is 5.73 Å². The number of hydrogen-bond donors (Lipinski definition) is 1. The van der Waals surface area contributed by atoms with Gasteiger partial charge in [-0.3, -0.25) is 0 Å². The quantitative estimate of drug-likeness (QED) is 0.472. The first-order valence-corrected chi connectivity index (χ1v) is 2.09. The lowest BCUT2D eigenvalue weighted by atomic mass is 10.5. The van der Waals surface area contributed by atoms with Crippen LogP contribution in [0.2, 0.25) is 0 Å². The van der Waals surface area contributed by atoms with Gasteiger partial charge in [0.1, 0.15) is 5.69 Å². The van der Waals surface area contributed by atoms with Crippen LogP contribution in [-0.2, 0) is 0 Å². The molecule has 0 unspecified atom stereocenters. The van der Waals surface area contributed by atoms with Crippen LogP contribution in [0.5, 0.6) is 0 Å². The van der Waals surface area contributed by atoms with Gasteiger partial charge >= 0.3 is 0 Å². The first-order chi connectivity index (χ1) is 3.80. The van der Waals surface area contributed by atoms with E-state index in [1.807, 2.05) is 0 Å². The maximum atomic E-state index is 5.24. The molecule has 1 rings (SSSR count). The molecular formula is C3H5N5. The zero-order valence-electron chi connectivity index (χ0n) is 4.37. The van der Waals surface area contributed by atoms with E-state index in [0.29, 0.717) is 11.5 Å². The minimum Gasteiger partial charge on any atom is -0.381 e. The first kappa shape index (κ1) is 4.89. The molecule has 5 heteroatoms. The molecule has 1 aromatic rings. The highest BCUT2D eigenvalue weighted by molar-refractivity contribution is 5.28. The molecule has 0 aliphatic rings. The lowest BCUT2D eigenvalue weighted by Crippen LogP contribution is -2.00. The Balaban J connectivity index is 3.13. The number of hydrogen-bond acceptors (Lipinski definition) is 5. The topological polar surface area (TPSA) is 77.6 Å². The van der Waals surface area contributed by atoms with Gasteiger partial charge in [-0.15, -0.1) is 10.2 Å². The van der Waals surface area contributed by atoms with Gasteiger partial charge in [0.2, 0.25) is 0 Å². The van der Waals surface area contributed by atoms with Crippen LogP contribution in [0.1, 0.15) is 5.69 Å². The summed E-state index contributed by atoms with van der Waals surface area (Å²) < 4.78 is 0. The van der Waals surface area contributed by atoms with Gasteiger partial charge in [-0.1, -0.05) is 0 Å². The second-order valence-electron chi connectivity index (χ2n) is 1.35. The van der Waals surface area contributed by atoms with Gasteiger partial charge in [0.05, 0.1) is 0 Å². The third kappa shape index (κ3) is 0.699. The Morgan fingerprint density at radius 3 is 2.25 bits per heavy atom. The number of anilines is 1. The van der Waals surface area contributed by atoms with Crippen molar-refractivity contribution in [3.05, 3.63) is 5.69 Å². The smallest absolute Gasteiger partial charge is 0.171 e. The third-order valence-electron chi connectivity index (χ3n) is 0.758. The predicted octanol–water partition coefficient (Wildman–Crippen LogP) is -0.843. The molecule has 8 heavy (non-hydrogen) atoms. The van der Waals surface area contributed by atoms with Gasteiger partial charge in [0.25, 0.3) is 0 Å². The van der Waals surface area contributed by atoms with Crippen molar-refractivity contribution in [2.45, 2.75) is 6.92 Å². The Kier molecular flexibility index (Phi) is 1.03. The maximum absolute atomic E-state index is 5.24. The monoisotopic (exact) mass is 111 g/mol. The summed E-state index contributed by atoms with van der Waals surface area (Å²) in [6.07, 6.45) is 0. The molecule has 0 spiro atoms. The molecule has 0 aromatic carbocycles. The summed E-state index contributed by atoms with van der Waals surface area (Å²) in [5.74, 6) is 0.333. The van der Waals surface area contributed by atoms with E-state index in [1.54, 1.807) is 6.92 Å². The normalized spacial score (nSPS) is 9.12. The van der Waals surface area contributed by atoms with E-state index in [0.717, 1.165) is 0 Å². The average Bonchev–Trinajstić information content (AvgIpc) is 1.77. The summed E-state index contributed by atoms with van der Waals surface area (Å²) in [7, 11) is 0. The molecular weight excluding hydrogens is 106 g/mol. The van der Waals surface area contributed by atoms with Crippen molar-refractivity contribution in [2.75, 3.05) is 5.73 Å². The summed E-state index contributed by atoms with van der Waals surface area (Å²) in [5, 5.41) is 13.4. The molecule has 0 fully saturated rings.